The van der Waals surface area contributed by atoms with Crippen LogP contribution in [0.3, 0.4) is 0 Å². The molecule has 10 aromatic rings. The zero-order chi connectivity index (χ0) is 47.7. The van der Waals surface area contributed by atoms with E-state index in [0.29, 0.717) is 0 Å². The quantitative estimate of drug-likeness (QED) is 0.109. The maximum Gasteiger partial charge on any atom is 2.00 e. The summed E-state index contributed by atoms with van der Waals surface area (Å²) < 4.78 is 10.5. The Hall–Kier alpha value is -5.70. The zero-order valence-electron chi connectivity index (χ0n) is 40.7. The van der Waals surface area contributed by atoms with E-state index < -0.39 is 21.4 Å². The van der Waals surface area contributed by atoms with Crippen LogP contribution in [0.25, 0.3) is 32.7 Å². The second-order valence-electron chi connectivity index (χ2n) is 17.5. The van der Waals surface area contributed by atoms with Crippen molar-refractivity contribution in [3.63, 3.8) is 0 Å². The Balaban J connectivity index is 0.000000278. The summed E-state index contributed by atoms with van der Waals surface area (Å²) >= 11 is 0. The van der Waals surface area contributed by atoms with Crippen molar-refractivity contribution >= 4 is 69.2 Å². The summed E-state index contributed by atoms with van der Waals surface area (Å²) in [7, 11) is 1.59. The largest absolute Gasteiger partial charge is 2.00 e. The minimum absolute atomic E-state index is 0. The van der Waals surface area contributed by atoms with Gasteiger partial charge in [-0.1, -0.05) is 232 Å². The molecule has 10 aromatic carbocycles. The average Bonchev–Trinajstić information content (AvgIpc) is 3.42. The maximum absolute atomic E-state index is 6.86. The Kier molecular flexibility index (Phi) is 19.9. The van der Waals surface area contributed by atoms with Gasteiger partial charge in [0.15, 0.2) is 0 Å². The molecule has 72 heavy (non-hydrogen) atoms. The molecule has 4 nitrogen and oxygen atoms in total. The van der Waals surface area contributed by atoms with Gasteiger partial charge >= 0.3 is 19.5 Å². The first-order valence-corrected chi connectivity index (χ1v) is 26.2. The van der Waals surface area contributed by atoms with Crippen molar-refractivity contribution in [2.24, 2.45) is 17.4 Å². The molecule has 9 heteroatoms. The van der Waals surface area contributed by atoms with E-state index in [-0.39, 0.29) is 56.3 Å². The summed E-state index contributed by atoms with van der Waals surface area (Å²) in [5.41, 5.74) is 17.2. The molecule has 0 bridgehead atoms. The number of fused-ring (bicyclic) bond motifs is 2. The monoisotopic (exact) mass is 1110 g/mol. The fraction of sp³-hybridized carbons (Fsp3) is 0.111. The third kappa shape index (κ3) is 11.7. The molecule has 0 saturated heterocycles. The van der Waals surface area contributed by atoms with Crippen LogP contribution in [-0.4, -0.2) is 20.3 Å². The second kappa shape index (κ2) is 25.8. The third-order valence-corrected chi connectivity index (χ3v) is 17.9. The van der Waals surface area contributed by atoms with Gasteiger partial charge in [-0.3, -0.25) is 0 Å². The van der Waals surface area contributed by atoms with Crippen molar-refractivity contribution in [3.8, 4) is 22.6 Å². The third-order valence-electron chi connectivity index (χ3n) is 13.0. The molecule has 10 rings (SSSR count). The molecule has 0 radical (unpaired) electrons. The summed E-state index contributed by atoms with van der Waals surface area (Å²) in [6.07, 6.45) is 0. The molecule has 1 atom stereocenters. The molecule has 0 spiro atoms. The van der Waals surface area contributed by atoms with Gasteiger partial charge in [-0.05, 0) is 122 Å². The van der Waals surface area contributed by atoms with Gasteiger partial charge in [-0.15, -0.1) is 0 Å². The summed E-state index contributed by atoms with van der Waals surface area (Å²) in [5, 5.41) is 13.3. The van der Waals surface area contributed by atoms with E-state index in [0.717, 1.165) is 22.6 Å². The standard InChI is InChI=1S/C44H32P2.C19H26N2O2.2ClH.Ru/c1-5-19-35(20-6-1)45(36-21-7-2-8-22-36)41-31-29-33-17-13-15-27-39(33)43(41)44-40-28-16-14-18-34(40)30-32-42(44)46(37-23-9-3-10-24-37)38-25-11-4-12-26-38;1-13(2)18(20)19(21,14-5-9-16(22-3)10-6-14)15-7-11-17(23-4)12-8-15;;;/h1-32H;5-13,18H,20-21H2,1-4H3;2*1H;/q;;;;+2/p-2/t;18-;;;/m.0.../s1. The first-order valence-electron chi connectivity index (χ1n) is 23.5. The number of hydrogen-bond donors (Lipinski definition) is 2. The first kappa shape index (κ1) is 55.6. The molecule has 0 fully saturated rings. The number of nitrogens with two attached hydrogens (primary N) is 2. The molecule has 0 heterocycles. The van der Waals surface area contributed by atoms with Crippen molar-refractivity contribution in [2.45, 2.75) is 25.4 Å². The molecule has 0 aliphatic heterocycles. The number of ether oxygens (including phenoxy) is 2. The van der Waals surface area contributed by atoms with Crippen molar-refractivity contribution in [1.82, 2.24) is 0 Å². The van der Waals surface area contributed by atoms with Gasteiger partial charge in [0.25, 0.3) is 0 Å². The van der Waals surface area contributed by atoms with Crippen LogP contribution in [0.5, 0.6) is 11.5 Å². The Morgan fingerprint density at radius 3 is 0.972 bits per heavy atom. The van der Waals surface area contributed by atoms with Crippen molar-refractivity contribution in [1.29, 1.82) is 0 Å². The van der Waals surface area contributed by atoms with E-state index in [1.807, 2.05) is 48.5 Å². The number of halogens is 2. The number of methoxy groups -OCH3 is 2. The van der Waals surface area contributed by atoms with Crippen LogP contribution in [0.1, 0.15) is 25.0 Å². The van der Waals surface area contributed by atoms with E-state index in [9.17, 15) is 0 Å². The number of hydrogen-bond acceptors (Lipinski definition) is 4. The van der Waals surface area contributed by atoms with Crippen LogP contribution >= 0.6 is 15.8 Å². The van der Waals surface area contributed by atoms with Gasteiger partial charge in [0, 0.05) is 6.04 Å². The van der Waals surface area contributed by atoms with Crippen LogP contribution in [-0.2, 0) is 25.0 Å². The molecule has 0 aromatic heterocycles. The van der Waals surface area contributed by atoms with Crippen LogP contribution in [0.4, 0.5) is 0 Å². The summed E-state index contributed by atoms with van der Waals surface area (Å²) in [5.74, 6) is 1.82. The van der Waals surface area contributed by atoms with Crippen LogP contribution in [0.2, 0.25) is 0 Å². The Bertz CT molecular complexity index is 2970. The number of benzene rings is 10. The van der Waals surface area contributed by atoms with Gasteiger partial charge in [0.1, 0.15) is 11.5 Å². The fourth-order valence-electron chi connectivity index (χ4n) is 9.39. The smallest absolute Gasteiger partial charge is 1.00 e. The second-order valence-corrected chi connectivity index (χ2v) is 21.8. The average molecular weight is 1110 g/mol. The van der Waals surface area contributed by atoms with E-state index in [1.54, 1.807) is 14.2 Å². The predicted molar refractivity (Wildman–Crippen MR) is 298 cm³/mol. The van der Waals surface area contributed by atoms with Crippen LogP contribution < -0.4 is 77.6 Å². The molecule has 0 aliphatic rings. The molecule has 0 aliphatic carbocycles. The molecule has 0 amide bonds. The summed E-state index contributed by atoms with van der Waals surface area (Å²) in [4.78, 5) is 0. The predicted octanol–water partition coefficient (Wildman–Crippen LogP) is 6.07. The van der Waals surface area contributed by atoms with Gasteiger partial charge in [-0.2, -0.15) is 0 Å². The molecular formula is C63H58Cl2N2O2P2Ru. The molecule has 364 valence electrons. The van der Waals surface area contributed by atoms with Gasteiger partial charge < -0.3 is 45.8 Å². The Morgan fingerprint density at radius 2 is 0.681 bits per heavy atom. The maximum atomic E-state index is 6.86. The van der Waals surface area contributed by atoms with E-state index >= 15 is 0 Å². The number of rotatable bonds is 13. The zero-order valence-corrected chi connectivity index (χ0v) is 45.8. The molecule has 0 unspecified atom stereocenters. The van der Waals surface area contributed by atoms with Gasteiger partial charge in [0.05, 0.1) is 19.8 Å². The van der Waals surface area contributed by atoms with E-state index in [1.165, 1.54) is 64.5 Å². The fourth-order valence-corrected chi connectivity index (χ4v) is 14.3. The van der Waals surface area contributed by atoms with Crippen molar-refractivity contribution in [3.05, 3.63) is 254 Å². The topological polar surface area (TPSA) is 70.5 Å². The molecular weight excluding hydrogens is 1050 g/mol. The van der Waals surface area contributed by atoms with Gasteiger partial charge in [0.2, 0.25) is 0 Å². The SMILES string of the molecule is COc1ccc(C(N)(c2ccc(OC)cc2)[C@@H](N)C(C)C)cc1.[Cl-].[Cl-].[Ru+2].c1ccc(P(c2ccccc2)c2ccc3ccccc3c2-c2c(P(c3ccccc3)c3ccccc3)ccc3ccccc23)cc1. The van der Waals surface area contributed by atoms with E-state index in [2.05, 4.69) is 208 Å². The van der Waals surface area contributed by atoms with Gasteiger partial charge in [-0.25, -0.2) is 0 Å². The van der Waals surface area contributed by atoms with Crippen molar-refractivity contribution in [2.75, 3.05) is 14.2 Å². The van der Waals surface area contributed by atoms with E-state index in [4.69, 9.17) is 20.9 Å². The summed E-state index contributed by atoms with van der Waals surface area (Å²) in [6, 6.07) is 87.1. The Morgan fingerprint density at radius 1 is 0.389 bits per heavy atom. The summed E-state index contributed by atoms with van der Waals surface area (Å²) in [6.45, 7) is 4.17. The molecule has 4 N–H and O–H groups in total. The van der Waals surface area contributed by atoms with Crippen molar-refractivity contribution < 1.29 is 53.8 Å². The normalized spacial score (nSPS) is 11.5. The minimum atomic E-state index is -0.852. The minimum Gasteiger partial charge on any atom is -1.00 e. The first-order chi connectivity index (χ1) is 33.8. The van der Waals surface area contributed by atoms with Crippen LogP contribution in [0, 0.1) is 5.92 Å². The van der Waals surface area contributed by atoms with Crippen LogP contribution in [0.15, 0.2) is 243 Å². The Labute approximate surface area is 453 Å². The molecule has 0 saturated carbocycles.